The highest BCUT2D eigenvalue weighted by Crippen LogP contribution is 2.30. The van der Waals surface area contributed by atoms with Gasteiger partial charge in [0, 0.05) is 36.3 Å². The van der Waals surface area contributed by atoms with E-state index in [9.17, 15) is 4.39 Å². The fourth-order valence-corrected chi connectivity index (χ4v) is 3.14. The van der Waals surface area contributed by atoms with Gasteiger partial charge in [-0.3, -0.25) is 4.90 Å². The van der Waals surface area contributed by atoms with Gasteiger partial charge in [0.25, 0.3) is 0 Å². The van der Waals surface area contributed by atoms with E-state index in [0.717, 1.165) is 31.1 Å². The zero-order chi connectivity index (χ0) is 13.9. The smallest absolute Gasteiger partial charge is 0.129 e. The minimum atomic E-state index is -0.183. The molecule has 2 nitrogen and oxygen atoms in total. The van der Waals surface area contributed by atoms with E-state index in [-0.39, 0.29) is 5.82 Å². The molecule has 1 N–H and O–H groups in total. The molecule has 1 aromatic carbocycles. The van der Waals surface area contributed by atoms with E-state index in [1.165, 1.54) is 31.7 Å². The monoisotopic (exact) mass is 296 g/mol. The Morgan fingerprint density at radius 2 is 2.10 bits per heavy atom. The number of nitrogens with zero attached hydrogens (tertiary/aromatic N) is 1. The normalized spacial score (nSPS) is 22.6. The number of hydrogen-bond donors (Lipinski definition) is 1. The average molecular weight is 297 g/mol. The van der Waals surface area contributed by atoms with Crippen molar-refractivity contribution in [3.63, 3.8) is 0 Å². The maximum Gasteiger partial charge on any atom is 0.129 e. The van der Waals surface area contributed by atoms with Crippen LogP contribution in [-0.2, 0) is 6.54 Å². The van der Waals surface area contributed by atoms with Crippen LogP contribution in [0.2, 0.25) is 5.02 Å². The van der Waals surface area contributed by atoms with E-state index < -0.39 is 0 Å². The fourth-order valence-electron chi connectivity index (χ4n) is 2.98. The van der Waals surface area contributed by atoms with Crippen LogP contribution in [0.4, 0.5) is 4.39 Å². The second-order valence-electron chi connectivity index (χ2n) is 6.17. The molecule has 20 heavy (non-hydrogen) atoms. The summed E-state index contributed by atoms with van der Waals surface area (Å²) in [6.45, 7) is 3.94. The molecular weight excluding hydrogens is 275 g/mol. The van der Waals surface area contributed by atoms with Crippen LogP contribution in [0.1, 0.15) is 31.2 Å². The summed E-state index contributed by atoms with van der Waals surface area (Å²) in [6, 6.07) is 5.59. The molecule has 1 aliphatic heterocycles. The second kappa shape index (κ2) is 6.42. The summed E-state index contributed by atoms with van der Waals surface area (Å²) < 4.78 is 14.0. The Hall–Kier alpha value is -0.640. The summed E-state index contributed by atoms with van der Waals surface area (Å²) in [6.07, 6.45) is 5.16. The zero-order valence-corrected chi connectivity index (χ0v) is 12.5. The van der Waals surface area contributed by atoms with Crippen molar-refractivity contribution in [1.82, 2.24) is 10.2 Å². The Bertz CT molecular complexity index is 456. The van der Waals surface area contributed by atoms with Crippen molar-refractivity contribution < 1.29 is 4.39 Å². The molecule has 2 fully saturated rings. The van der Waals surface area contributed by atoms with Gasteiger partial charge in [-0.25, -0.2) is 4.39 Å². The molecule has 0 aromatic heterocycles. The Balaban J connectivity index is 1.64. The largest absolute Gasteiger partial charge is 0.313 e. The lowest BCUT2D eigenvalue weighted by atomic mass is 10.1. The van der Waals surface area contributed by atoms with Crippen molar-refractivity contribution in [2.24, 2.45) is 5.92 Å². The lowest BCUT2D eigenvalue weighted by molar-refractivity contribution is 0.229. The van der Waals surface area contributed by atoms with Gasteiger partial charge in [0.1, 0.15) is 5.82 Å². The first-order valence-corrected chi connectivity index (χ1v) is 7.98. The van der Waals surface area contributed by atoms with Gasteiger partial charge in [0.2, 0.25) is 0 Å². The van der Waals surface area contributed by atoms with E-state index in [2.05, 4.69) is 10.2 Å². The molecule has 1 atom stereocenters. The third-order valence-electron chi connectivity index (χ3n) is 4.26. The van der Waals surface area contributed by atoms with Crippen LogP contribution in [0.15, 0.2) is 18.2 Å². The predicted molar refractivity (Wildman–Crippen MR) is 80.4 cm³/mol. The highest BCUT2D eigenvalue weighted by Gasteiger charge is 2.26. The molecule has 1 saturated carbocycles. The summed E-state index contributed by atoms with van der Waals surface area (Å²) in [5.41, 5.74) is 0.757. The minimum absolute atomic E-state index is 0.183. The Morgan fingerprint density at radius 1 is 1.25 bits per heavy atom. The Morgan fingerprint density at radius 3 is 2.75 bits per heavy atom. The molecule has 1 aliphatic carbocycles. The van der Waals surface area contributed by atoms with Crippen molar-refractivity contribution in [2.75, 3.05) is 19.6 Å². The van der Waals surface area contributed by atoms with Crippen LogP contribution < -0.4 is 5.32 Å². The first kappa shape index (κ1) is 14.3. The van der Waals surface area contributed by atoms with E-state index in [0.29, 0.717) is 17.6 Å². The summed E-state index contributed by atoms with van der Waals surface area (Å²) in [5.74, 6) is 0.643. The first-order valence-electron chi connectivity index (χ1n) is 7.60. The molecule has 3 rings (SSSR count). The van der Waals surface area contributed by atoms with Gasteiger partial charge >= 0.3 is 0 Å². The quantitative estimate of drug-likeness (QED) is 0.865. The Labute approximate surface area is 125 Å². The number of rotatable bonds is 6. The van der Waals surface area contributed by atoms with Crippen LogP contribution in [0.5, 0.6) is 0 Å². The van der Waals surface area contributed by atoms with Crippen molar-refractivity contribution in [3.8, 4) is 0 Å². The number of benzene rings is 1. The van der Waals surface area contributed by atoms with Gasteiger partial charge in [0.05, 0.1) is 0 Å². The lowest BCUT2D eigenvalue weighted by Gasteiger charge is -2.26. The van der Waals surface area contributed by atoms with Crippen LogP contribution in [-0.4, -0.2) is 30.6 Å². The molecule has 2 aliphatic rings. The fraction of sp³-hybridized carbons (Fsp3) is 0.625. The molecule has 0 radical (unpaired) electrons. The molecule has 1 unspecified atom stereocenters. The molecule has 0 spiro atoms. The molecule has 4 heteroatoms. The van der Waals surface area contributed by atoms with E-state index in [4.69, 9.17) is 11.6 Å². The zero-order valence-electron chi connectivity index (χ0n) is 11.7. The number of hydrogen-bond acceptors (Lipinski definition) is 2. The number of halogens is 2. The van der Waals surface area contributed by atoms with Gasteiger partial charge in [-0.2, -0.15) is 0 Å². The second-order valence-corrected chi connectivity index (χ2v) is 6.60. The maximum absolute atomic E-state index is 14.0. The molecule has 1 aromatic rings. The third kappa shape index (κ3) is 3.94. The summed E-state index contributed by atoms with van der Waals surface area (Å²) >= 11 is 5.82. The SMILES string of the molecule is Fc1cc(Cl)ccc1CN(CC1CC1)CC1CCCN1. The summed E-state index contributed by atoms with van der Waals surface area (Å²) in [5, 5.41) is 4.00. The van der Waals surface area contributed by atoms with Crippen LogP contribution >= 0.6 is 11.6 Å². The van der Waals surface area contributed by atoms with Gasteiger partial charge in [-0.15, -0.1) is 0 Å². The summed E-state index contributed by atoms with van der Waals surface area (Å²) in [4.78, 5) is 2.41. The number of nitrogens with one attached hydrogen (secondary N) is 1. The topological polar surface area (TPSA) is 15.3 Å². The molecule has 1 heterocycles. The van der Waals surface area contributed by atoms with Gasteiger partial charge in [0.15, 0.2) is 0 Å². The third-order valence-corrected chi connectivity index (χ3v) is 4.50. The highest BCUT2D eigenvalue weighted by molar-refractivity contribution is 6.30. The van der Waals surface area contributed by atoms with Gasteiger partial charge in [-0.1, -0.05) is 17.7 Å². The van der Waals surface area contributed by atoms with Crippen LogP contribution in [0.3, 0.4) is 0 Å². The van der Waals surface area contributed by atoms with Crippen molar-refractivity contribution in [2.45, 2.75) is 38.3 Å². The van der Waals surface area contributed by atoms with Crippen molar-refractivity contribution in [3.05, 3.63) is 34.6 Å². The van der Waals surface area contributed by atoms with Crippen molar-refractivity contribution >= 4 is 11.6 Å². The van der Waals surface area contributed by atoms with E-state index in [1.807, 2.05) is 6.07 Å². The van der Waals surface area contributed by atoms with Crippen molar-refractivity contribution in [1.29, 1.82) is 0 Å². The molecule has 0 bridgehead atoms. The molecule has 110 valence electrons. The molecule has 0 amide bonds. The molecule has 1 saturated heterocycles. The van der Waals surface area contributed by atoms with Gasteiger partial charge < -0.3 is 5.32 Å². The lowest BCUT2D eigenvalue weighted by Crippen LogP contribution is -2.38. The summed E-state index contributed by atoms with van der Waals surface area (Å²) in [7, 11) is 0. The van der Waals surface area contributed by atoms with Crippen LogP contribution in [0.25, 0.3) is 0 Å². The van der Waals surface area contributed by atoms with E-state index in [1.54, 1.807) is 6.07 Å². The van der Waals surface area contributed by atoms with E-state index >= 15 is 0 Å². The minimum Gasteiger partial charge on any atom is -0.313 e. The molecular formula is C16H22ClFN2. The van der Waals surface area contributed by atoms with Crippen LogP contribution in [0, 0.1) is 11.7 Å². The predicted octanol–water partition coefficient (Wildman–Crippen LogP) is 3.44. The first-order chi connectivity index (χ1) is 9.70. The Kier molecular flexibility index (Phi) is 4.59. The highest BCUT2D eigenvalue weighted by atomic mass is 35.5. The standard InChI is InChI=1S/C16H22ClFN2/c17-14-6-5-13(16(18)8-14)10-20(9-12-3-4-12)11-15-2-1-7-19-15/h5-6,8,12,15,19H,1-4,7,9-11H2. The average Bonchev–Trinajstić information content (AvgIpc) is 3.07. The van der Waals surface area contributed by atoms with Gasteiger partial charge in [-0.05, 0) is 50.3 Å². The maximum atomic E-state index is 14.0.